The first-order valence-corrected chi connectivity index (χ1v) is 3.85. The summed E-state index contributed by atoms with van der Waals surface area (Å²) >= 11 is 0. The van der Waals surface area contributed by atoms with E-state index in [9.17, 15) is 0 Å². The highest BCUT2D eigenvalue weighted by molar-refractivity contribution is 5.61. The standard InChI is InChI=1S/C4H10N2.2CH3NO2/c1-2-6-4-3-5-1;2*2-1(3)4/h5-6H,1-4H2;2*2H2,(H,3,4). The number of carbonyl (C=O) groups is 2. The molecule has 0 bridgehead atoms. The minimum atomic E-state index is -1.33. The van der Waals surface area contributed by atoms with Crippen LogP contribution in [0, 0.1) is 0 Å². The van der Waals surface area contributed by atoms with Crippen LogP contribution >= 0.6 is 0 Å². The Morgan fingerprint density at radius 3 is 1.07 bits per heavy atom. The van der Waals surface area contributed by atoms with E-state index in [0.717, 1.165) is 26.2 Å². The molecule has 0 radical (unpaired) electrons. The van der Waals surface area contributed by atoms with E-state index in [1.54, 1.807) is 0 Å². The van der Waals surface area contributed by atoms with Crippen molar-refractivity contribution < 1.29 is 19.8 Å². The minimum Gasteiger partial charge on any atom is -0.465 e. The second-order valence-corrected chi connectivity index (χ2v) is 2.18. The summed E-state index contributed by atoms with van der Waals surface area (Å²) in [5.74, 6) is 0. The molecule has 0 spiro atoms. The largest absolute Gasteiger partial charge is 0.465 e. The summed E-state index contributed by atoms with van der Waals surface area (Å²) in [6, 6.07) is 0. The second kappa shape index (κ2) is 11.5. The number of carboxylic acid groups (broad SMARTS) is 2. The van der Waals surface area contributed by atoms with E-state index in [2.05, 4.69) is 22.1 Å². The van der Waals surface area contributed by atoms with Crippen molar-refractivity contribution in [1.29, 1.82) is 0 Å². The molecular weight excluding hydrogens is 192 g/mol. The molecule has 0 aromatic carbocycles. The first-order valence-electron chi connectivity index (χ1n) is 3.85. The van der Waals surface area contributed by atoms with Crippen molar-refractivity contribution in [2.45, 2.75) is 0 Å². The summed E-state index contributed by atoms with van der Waals surface area (Å²) in [4.78, 5) is 17.6. The first kappa shape index (κ1) is 15.0. The molecule has 0 aliphatic carbocycles. The Morgan fingerprint density at radius 1 is 0.857 bits per heavy atom. The number of amides is 2. The molecule has 1 heterocycles. The van der Waals surface area contributed by atoms with Crippen LogP contribution in [-0.2, 0) is 0 Å². The highest BCUT2D eigenvalue weighted by Gasteiger charge is 1.91. The fourth-order valence-corrected chi connectivity index (χ4v) is 0.604. The van der Waals surface area contributed by atoms with Crippen LogP contribution in [0.4, 0.5) is 9.59 Å². The molecule has 1 aliphatic heterocycles. The van der Waals surface area contributed by atoms with Crippen molar-refractivity contribution in [3.8, 4) is 0 Å². The van der Waals surface area contributed by atoms with Crippen LogP contribution in [0.1, 0.15) is 0 Å². The molecule has 1 saturated heterocycles. The van der Waals surface area contributed by atoms with Crippen LogP contribution in [0.15, 0.2) is 0 Å². The van der Waals surface area contributed by atoms with Crippen LogP contribution in [0.2, 0.25) is 0 Å². The molecule has 1 aliphatic rings. The molecule has 0 atom stereocenters. The first-order chi connectivity index (χ1) is 6.46. The van der Waals surface area contributed by atoms with E-state index in [1.165, 1.54) is 0 Å². The molecule has 84 valence electrons. The van der Waals surface area contributed by atoms with Gasteiger partial charge in [0.15, 0.2) is 0 Å². The number of hydrogen-bond acceptors (Lipinski definition) is 4. The number of rotatable bonds is 0. The Morgan fingerprint density at radius 2 is 1.00 bits per heavy atom. The number of piperazine rings is 1. The molecule has 1 rings (SSSR count). The third kappa shape index (κ3) is 47.1. The maximum atomic E-state index is 8.78. The van der Waals surface area contributed by atoms with Gasteiger partial charge in [0, 0.05) is 26.2 Å². The normalized spacial score (nSPS) is 13.7. The second-order valence-electron chi connectivity index (χ2n) is 2.18. The van der Waals surface area contributed by atoms with E-state index in [4.69, 9.17) is 19.8 Å². The van der Waals surface area contributed by atoms with Gasteiger partial charge in [0.2, 0.25) is 0 Å². The van der Waals surface area contributed by atoms with Crippen molar-refractivity contribution in [3.63, 3.8) is 0 Å². The third-order valence-electron chi connectivity index (χ3n) is 0.957. The van der Waals surface area contributed by atoms with Gasteiger partial charge in [0.1, 0.15) is 0 Å². The highest BCUT2D eigenvalue weighted by atomic mass is 16.4. The summed E-state index contributed by atoms with van der Waals surface area (Å²) in [5.41, 5.74) is 8.06. The average molecular weight is 208 g/mol. The Balaban J connectivity index is 0. The fourth-order valence-electron chi connectivity index (χ4n) is 0.604. The minimum absolute atomic E-state index is 1.14. The number of primary amides is 2. The van der Waals surface area contributed by atoms with Gasteiger partial charge in [0.05, 0.1) is 0 Å². The van der Waals surface area contributed by atoms with Crippen molar-refractivity contribution in [2.24, 2.45) is 11.5 Å². The molecule has 2 amide bonds. The van der Waals surface area contributed by atoms with Gasteiger partial charge in [-0.05, 0) is 0 Å². The molecule has 0 unspecified atom stereocenters. The lowest BCUT2D eigenvalue weighted by Crippen LogP contribution is -2.39. The molecule has 1 fully saturated rings. The Bertz CT molecular complexity index is 128. The van der Waals surface area contributed by atoms with Gasteiger partial charge >= 0.3 is 12.2 Å². The third-order valence-corrected chi connectivity index (χ3v) is 0.957. The van der Waals surface area contributed by atoms with Gasteiger partial charge in [-0.3, -0.25) is 0 Å². The van der Waals surface area contributed by atoms with Crippen molar-refractivity contribution >= 4 is 12.2 Å². The quantitative estimate of drug-likeness (QED) is 0.283. The highest BCUT2D eigenvalue weighted by Crippen LogP contribution is 1.65. The maximum Gasteiger partial charge on any atom is 0.402 e. The van der Waals surface area contributed by atoms with Gasteiger partial charge in [0.25, 0.3) is 0 Å². The summed E-state index contributed by atoms with van der Waals surface area (Å²) < 4.78 is 0. The molecule has 8 N–H and O–H groups in total. The zero-order valence-electron chi connectivity index (χ0n) is 7.69. The van der Waals surface area contributed by atoms with E-state index in [1.807, 2.05) is 0 Å². The molecule has 0 aromatic heterocycles. The zero-order valence-corrected chi connectivity index (χ0v) is 7.69. The Labute approximate surface area is 81.3 Å². The van der Waals surface area contributed by atoms with Crippen molar-refractivity contribution in [1.82, 2.24) is 10.6 Å². The van der Waals surface area contributed by atoms with Crippen LogP contribution in [0.3, 0.4) is 0 Å². The van der Waals surface area contributed by atoms with Crippen molar-refractivity contribution in [2.75, 3.05) is 26.2 Å². The Hall–Kier alpha value is -1.54. The fraction of sp³-hybridized carbons (Fsp3) is 0.667. The van der Waals surface area contributed by atoms with Crippen molar-refractivity contribution in [3.05, 3.63) is 0 Å². The van der Waals surface area contributed by atoms with E-state index < -0.39 is 12.2 Å². The molecular formula is C6H16N4O4. The van der Waals surface area contributed by atoms with Crippen LogP contribution in [-0.4, -0.2) is 48.6 Å². The van der Waals surface area contributed by atoms with E-state index in [0.29, 0.717) is 0 Å². The lowest BCUT2D eigenvalue weighted by molar-refractivity contribution is 0.204. The monoisotopic (exact) mass is 208 g/mol. The molecule has 14 heavy (non-hydrogen) atoms. The predicted molar refractivity (Wildman–Crippen MR) is 50.2 cm³/mol. The summed E-state index contributed by atoms with van der Waals surface area (Å²) in [6.07, 6.45) is -2.67. The predicted octanol–water partition coefficient (Wildman–Crippen LogP) is -1.57. The van der Waals surface area contributed by atoms with Gasteiger partial charge < -0.3 is 32.3 Å². The number of hydrogen-bond donors (Lipinski definition) is 6. The molecule has 8 heteroatoms. The molecule has 0 aromatic rings. The summed E-state index contributed by atoms with van der Waals surface area (Å²) in [5, 5.41) is 20.8. The average Bonchev–Trinajstić information content (AvgIpc) is 2.05. The summed E-state index contributed by atoms with van der Waals surface area (Å²) in [6.45, 7) is 4.56. The van der Waals surface area contributed by atoms with E-state index >= 15 is 0 Å². The van der Waals surface area contributed by atoms with Gasteiger partial charge in [-0.1, -0.05) is 0 Å². The van der Waals surface area contributed by atoms with Crippen LogP contribution in [0.25, 0.3) is 0 Å². The number of nitrogens with two attached hydrogens (primary N) is 2. The maximum absolute atomic E-state index is 8.78. The molecule has 0 saturated carbocycles. The van der Waals surface area contributed by atoms with E-state index in [-0.39, 0.29) is 0 Å². The zero-order chi connectivity index (χ0) is 11.4. The van der Waals surface area contributed by atoms with Gasteiger partial charge in [-0.25, -0.2) is 9.59 Å². The Kier molecular flexibility index (Phi) is 12.2. The van der Waals surface area contributed by atoms with Crippen LogP contribution < -0.4 is 22.1 Å². The van der Waals surface area contributed by atoms with Gasteiger partial charge in [-0.2, -0.15) is 0 Å². The summed E-state index contributed by atoms with van der Waals surface area (Å²) in [7, 11) is 0. The van der Waals surface area contributed by atoms with Gasteiger partial charge in [-0.15, -0.1) is 0 Å². The lowest BCUT2D eigenvalue weighted by Gasteiger charge is -2.11. The number of nitrogens with one attached hydrogen (secondary N) is 2. The smallest absolute Gasteiger partial charge is 0.402 e. The SMILES string of the molecule is C1CNCCN1.NC(=O)O.NC(=O)O. The van der Waals surface area contributed by atoms with Crippen LogP contribution in [0.5, 0.6) is 0 Å². The topological polar surface area (TPSA) is 151 Å². The molecule has 8 nitrogen and oxygen atoms in total. The lowest BCUT2D eigenvalue weighted by atomic mass is 10.4.